The first-order valence-corrected chi connectivity index (χ1v) is 9.91. The van der Waals surface area contributed by atoms with Gasteiger partial charge in [-0.1, -0.05) is 60.7 Å². The molecule has 148 valence electrons. The molecule has 2 aromatic rings. The maximum atomic E-state index is 12.8. The second-order valence-electron chi connectivity index (χ2n) is 7.62. The van der Waals surface area contributed by atoms with E-state index < -0.39 is 0 Å². The van der Waals surface area contributed by atoms with Crippen LogP contribution in [0.1, 0.15) is 17.5 Å². The third-order valence-corrected chi connectivity index (χ3v) is 5.15. The average Bonchev–Trinajstić information content (AvgIpc) is 2.70. The van der Waals surface area contributed by atoms with E-state index in [-0.39, 0.29) is 18.4 Å². The summed E-state index contributed by atoms with van der Waals surface area (Å²) < 4.78 is 0. The van der Waals surface area contributed by atoms with Gasteiger partial charge in [0.15, 0.2) is 0 Å². The van der Waals surface area contributed by atoms with Gasteiger partial charge in [-0.3, -0.25) is 14.5 Å². The lowest BCUT2D eigenvalue weighted by Crippen LogP contribution is -2.48. The predicted octanol–water partition coefficient (Wildman–Crippen LogP) is 2.33. The van der Waals surface area contributed by atoms with Crippen molar-refractivity contribution in [2.24, 2.45) is 5.92 Å². The van der Waals surface area contributed by atoms with Crippen molar-refractivity contribution in [2.75, 3.05) is 33.2 Å². The van der Waals surface area contributed by atoms with Crippen molar-refractivity contribution in [2.45, 2.75) is 19.4 Å². The number of carbonyl (C=O) groups is 2. The molecule has 1 N–H and O–H groups in total. The van der Waals surface area contributed by atoms with Gasteiger partial charge in [0.25, 0.3) is 0 Å². The fourth-order valence-electron chi connectivity index (χ4n) is 3.72. The Bertz CT molecular complexity index is 764. The van der Waals surface area contributed by atoms with E-state index in [2.05, 4.69) is 34.5 Å². The van der Waals surface area contributed by atoms with E-state index in [0.29, 0.717) is 25.6 Å². The molecule has 28 heavy (non-hydrogen) atoms. The van der Waals surface area contributed by atoms with Crippen LogP contribution >= 0.6 is 0 Å². The number of amides is 2. The van der Waals surface area contributed by atoms with Crippen molar-refractivity contribution in [3.05, 3.63) is 71.8 Å². The number of aryl methyl sites for hydroxylation is 1. The van der Waals surface area contributed by atoms with Crippen molar-refractivity contribution < 1.29 is 9.59 Å². The summed E-state index contributed by atoms with van der Waals surface area (Å²) in [6.45, 7) is 2.44. The molecular formula is C23H29N3O2. The Balaban J connectivity index is 1.73. The van der Waals surface area contributed by atoms with Crippen LogP contribution in [0.4, 0.5) is 0 Å². The first-order valence-electron chi connectivity index (χ1n) is 9.91. The zero-order valence-electron chi connectivity index (χ0n) is 16.5. The third-order valence-electron chi connectivity index (χ3n) is 5.15. The van der Waals surface area contributed by atoms with Crippen LogP contribution < -0.4 is 5.32 Å². The van der Waals surface area contributed by atoms with Gasteiger partial charge in [0.1, 0.15) is 0 Å². The highest BCUT2D eigenvalue weighted by molar-refractivity contribution is 5.85. The molecule has 1 atom stereocenters. The summed E-state index contributed by atoms with van der Waals surface area (Å²) in [5.74, 6) is 0.189. The largest absolute Gasteiger partial charge is 0.346 e. The van der Waals surface area contributed by atoms with Crippen LogP contribution in [-0.4, -0.2) is 54.8 Å². The maximum absolute atomic E-state index is 12.8. The molecule has 1 fully saturated rings. The number of nitrogens with zero attached hydrogens (tertiary/aromatic N) is 2. The Morgan fingerprint density at radius 2 is 1.57 bits per heavy atom. The molecule has 1 saturated heterocycles. The lowest BCUT2D eigenvalue weighted by Gasteiger charge is -2.32. The van der Waals surface area contributed by atoms with Gasteiger partial charge in [-0.15, -0.1) is 0 Å². The highest BCUT2D eigenvalue weighted by Crippen LogP contribution is 2.16. The van der Waals surface area contributed by atoms with Crippen LogP contribution in [0, 0.1) is 5.92 Å². The SMILES string of the molecule is CN1CC(=O)NCC(=O)N(Cc2ccccc2)C[C@@H](CCc2ccccc2)C1. The molecule has 1 aliphatic heterocycles. The molecule has 0 aliphatic carbocycles. The monoisotopic (exact) mass is 379 g/mol. The van der Waals surface area contributed by atoms with Gasteiger partial charge in [-0.2, -0.15) is 0 Å². The summed E-state index contributed by atoms with van der Waals surface area (Å²) >= 11 is 0. The first-order chi connectivity index (χ1) is 13.6. The lowest BCUT2D eigenvalue weighted by molar-refractivity contribution is -0.135. The molecule has 5 nitrogen and oxygen atoms in total. The molecule has 3 rings (SSSR count). The number of carbonyl (C=O) groups excluding carboxylic acids is 2. The summed E-state index contributed by atoms with van der Waals surface area (Å²) in [5, 5.41) is 2.75. The van der Waals surface area contributed by atoms with E-state index in [0.717, 1.165) is 24.9 Å². The van der Waals surface area contributed by atoms with E-state index in [1.165, 1.54) is 5.56 Å². The van der Waals surface area contributed by atoms with Gasteiger partial charge in [-0.05, 0) is 36.9 Å². The van der Waals surface area contributed by atoms with Crippen molar-refractivity contribution >= 4 is 11.8 Å². The van der Waals surface area contributed by atoms with E-state index in [1.807, 2.05) is 48.3 Å². The zero-order chi connectivity index (χ0) is 19.8. The number of rotatable bonds is 5. The van der Waals surface area contributed by atoms with Crippen molar-refractivity contribution in [3.8, 4) is 0 Å². The van der Waals surface area contributed by atoms with Crippen molar-refractivity contribution in [1.82, 2.24) is 15.1 Å². The van der Waals surface area contributed by atoms with E-state index in [4.69, 9.17) is 0 Å². The Morgan fingerprint density at radius 3 is 2.25 bits per heavy atom. The van der Waals surface area contributed by atoms with Crippen LogP contribution in [0.2, 0.25) is 0 Å². The summed E-state index contributed by atoms with van der Waals surface area (Å²) in [6, 6.07) is 20.5. The van der Waals surface area contributed by atoms with Crippen molar-refractivity contribution in [3.63, 3.8) is 0 Å². The predicted molar refractivity (Wildman–Crippen MR) is 111 cm³/mol. The number of hydrogen-bond acceptors (Lipinski definition) is 3. The number of hydrogen-bond donors (Lipinski definition) is 1. The van der Waals surface area contributed by atoms with Crippen LogP contribution in [0.25, 0.3) is 0 Å². The molecule has 0 bridgehead atoms. The quantitative estimate of drug-likeness (QED) is 0.868. The van der Waals surface area contributed by atoms with Crippen LogP contribution in [0.15, 0.2) is 60.7 Å². The van der Waals surface area contributed by atoms with Crippen LogP contribution in [-0.2, 0) is 22.6 Å². The standard InChI is InChI=1S/C23H29N3O2/c1-25-15-21(13-12-19-8-4-2-5-9-19)17-26(16-20-10-6-3-7-11-20)23(28)14-24-22(27)18-25/h2-11,21H,12-18H2,1H3,(H,24,27)/t21-/m0/s1. The molecule has 1 aliphatic rings. The molecule has 2 aromatic carbocycles. The van der Waals surface area contributed by atoms with E-state index in [1.54, 1.807) is 0 Å². The Hall–Kier alpha value is -2.66. The van der Waals surface area contributed by atoms with Gasteiger partial charge in [0, 0.05) is 19.6 Å². The van der Waals surface area contributed by atoms with Gasteiger partial charge in [0.05, 0.1) is 13.1 Å². The second-order valence-corrected chi connectivity index (χ2v) is 7.62. The Kier molecular flexibility index (Phi) is 7.20. The summed E-state index contributed by atoms with van der Waals surface area (Å²) in [7, 11) is 1.97. The minimum Gasteiger partial charge on any atom is -0.346 e. The van der Waals surface area contributed by atoms with Crippen LogP contribution in [0.3, 0.4) is 0 Å². The first kappa shape index (κ1) is 20.1. The highest BCUT2D eigenvalue weighted by Gasteiger charge is 2.23. The number of likely N-dealkylation sites (N-methyl/N-ethyl adjacent to an activating group) is 1. The highest BCUT2D eigenvalue weighted by atomic mass is 16.2. The molecule has 2 amide bonds. The molecule has 0 aromatic heterocycles. The lowest BCUT2D eigenvalue weighted by atomic mass is 9.97. The van der Waals surface area contributed by atoms with Crippen molar-refractivity contribution in [1.29, 1.82) is 0 Å². The third kappa shape index (κ3) is 6.20. The second kappa shape index (κ2) is 10.0. The van der Waals surface area contributed by atoms with Gasteiger partial charge >= 0.3 is 0 Å². The molecule has 0 spiro atoms. The summed E-state index contributed by atoms with van der Waals surface area (Å²) in [6.07, 6.45) is 1.95. The zero-order valence-corrected chi connectivity index (χ0v) is 16.5. The smallest absolute Gasteiger partial charge is 0.242 e. The number of benzene rings is 2. The molecule has 0 radical (unpaired) electrons. The van der Waals surface area contributed by atoms with Crippen LogP contribution in [0.5, 0.6) is 0 Å². The van der Waals surface area contributed by atoms with E-state index >= 15 is 0 Å². The van der Waals surface area contributed by atoms with Gasteiger partial charge in [-0.25, -0.2) is 0 Å². The summed E-state index contributed by atoms with van der Waals surface area (Å²) in [4.78, 5) is 28.8. The minimum atomic E-state index is -0.0979. The summed E-state index contributed by atoms with van der Waals surface area (Å²) in [5.41, 5.74) is 2.41. The molecule has 0 unspecified atom stereocenters. The molecular weight excluding hydrogens is 350 g/mol. The fourth-order valence-corrected chi connectivity index (χ4v) is 3.72. The Labute approximate surface area is 167 Å². The average molecular weight is 380 g/mol. The molecule has 1 heterocycles. The van der Waals surface area contributed by atoms with Gasteiger partial charge in [0.2, 0.25) is 11.8 Å². The number of nitrogens with one attached hydrogen (secondary N) is 1. The van der Waals surface area contributed by atoms with E-state index in [9.17, 15) is 9.59 Å². The topological polar surface area (TPSA) is 52.7 Å². The fraction of sp³-hybridized carbons (Fsp3) is 0.391. The maximum Gasteiger partial charge on any atom is 0.242 e. The normalized spacial score (nSPS) is 19.3. The molecule has 5 heteroatoms. The molecule has 0 saturated carbocycles. The minimum absolute atomic E-state index is 0.0218. The van der Waals surface area contributed by atoms with Gasteiger partial charge < -0.3 is 10.2 Å². The Morgan fingerprint density at radius 1 is 0.929 bits per heavy atom.